The molecule has 1 N–H and O–H groups in total. The molecule has 0 atom stereocenters. The zero-order valence-corrected chi connectivity index (χ0v) is 11.5. The monoisotopic (exact) mass is 274 g/mol. The highest BCUT2D eigenvalue weighted by Crippen LogP contribution is 2.23. The van der Waals surface area contributed by atoms with Crippen LogP contribution in [-0.4, -0.2) is 24.1 Å². The highest BCUT2D eigenvalue weighted by Gasteiger charge is 2.18. The average molecular weight is 274 g/mol. The Morgan fingerprint density at radius 3 is 2.75 bits per heavy atom. The van der Waals surface area contributed by atoms with Crippen molar-refractivity contribution >= 4 is 5.71 Å². The molecule has 1 aliphatic rings. The van der Waals surface area contributed by atoms with Gasteiger partial charge in [-0.2, -0.15) is 5.26 Å². The van der Waals surface area contributed by atoms with Crippen LogP contribution < -0.4 is 4.74 Å². The van der Waals surface area contributed by atoms with Gasteiger partial charge in [-0.25, -0.2) is 0 Å². The van der Waals surface area contributed by atoms with E-state index in [1.54, 1.807) is 13.2 Å². The molecule has 0 aliphatic heterocycles. The molecule has 5 heteroatoms. The fourth-order valence-corrected chi connectivity index (χ4v) is 2.32. The lowest BCUT2D eigenvalue weighted by atomic mass is 9.96. The van der Waals surface area contributed by atoms with Crippen molar-refractivity contribution in [2.75, 3.05) is 7.11 Å². The summed E-state index contributed by atoms with van der Waals surface area (Å²) < 4.78 is 11.0. The second-order valence-electron chi connectivity index (χ2n) is 4.82. The summed E-state index contributed by atoms with van der Waals surface area (Å²) in [4.78, 5) is 0. The quantitative estimate of drug-likeness (QED) is 0.676. The Morgan fingerprint density at radius 1 is 1.40 bits per heavy atom. The van der Waals surface area contributed by atoms with E-state index in [-0.39, 0.29) is 6.10 Å². The molecular weight excluding hydrogens is 256 g/mol. The van der Waals surface area contributed by atoms with Crippen LogP contribution in [0.5, 0.6) is 5.75 Å². The Morgan fingerprint density at radius 2 is 2.15 bits per heavy atom. The van der Waals surface area contributed by atoms with Gasteiger partial charge in [-0.05, 0) is 43.4 Å². The number of oxime groups is 1. The third kappa shape index (κ3) is 3.49. The van der Waals surface area contributed by atoms with Gasteiger partial charge in [0.05, 0.1) is 31.1 Å². The Balaban J connectivity index is 1.90. The Labute approximate surface area is 118 Å². The lowest BCUT2D eigenvalue weighted by Crippen LogP contribution is -2.21. The first kappa shape index (κ1) is 14.4. The maximum Gasteiger partial charge on any atom is 0.136 e. The van der Waals surface area contributed by atoms with Crippen LogP contribution in [0.25, 0.3) is 0 Å². The summed E-state index contributed by atoms with van der Waals surface area (Å²) in [6.45, 7) is 0.498. The van der Waals surface area contributed by atoms with Crippen LogP contribution in [0, 0.1) is 11.3 Å². The molecule has 0 spiro atoms. The van der Waals surface area contributed by atoms with E-state index in [4.69, 9.17) is 19.9 Å². The van der Waals surface area contributed by atoms with Crippen molar-refractivity contribution in [1.82, 2.24) is 0 Å². The van der Waals surface area contributed by atoms with E-state index < -0.39 is 0 Å². The number of methoxy groups -OCH3 is 1. The number of nitriles is 1. The number of benzene rings is 1. The zero-order chi connectivity index (χ0) is 14.4. The molecule has 0 unspecified atom stereocenters. The summed E-state index contributed by atoms with van der Waals surface area (Å²) in [5, 5.41) is 20.9. The summed E-state index contributed by atoms with van der Waals surface area (Å²) in [6.07, 6.45) is 3.54. The number of ether oxygens (including phenoxy) is 2. The van der Waals surface area contributed by atoms with Crippen LogP contribution in [-0.2, 0) is 11.3 Å². The van der Waals surface area contributed by atoms with Crippen LogP contribution >= 0.6 is 0 Å². The van der Waals surface area contributed by atoms with Gasteiger partial charge in [-0.3, -0.25) is 0 Å². The molecule has 0 radical (unpaired) electrons. The molecule has 2 rings (SSSR count). The molecule has 0 heterocycles. The van der Waals surface area contributed by atoms with Crippen molar-refractivity contribution in [3.8, 4) is 11.8 Å². The van der Waals surface area contributed by atoms with Crippen molar-refractivity contribution in [2.45, 2.75) is 38.4 Å². The number of rotatable bonds is 4. The van der Waals surface area contributed by atoms with Crippen molar-refractivity contribution in [3.63, 3.8) is 0 Å². The van der Waals surface area contributed by atoms with Gasteiger partial charge in [0.1, 0.15) is 11.8 Å². The first-order chi connectivity index (χ1) is 9.76. The summed E-state index contributed by atoms with van der Waals surface area (Å²) in [7, 11) is 1.55. The minimum absolute atomic E-state index is 0.196. The van der Waals surface area contributed by atoms with Crippen molar-refractivity contribution in [2.24, 2.45) is 5.16 Å². The predicted octanol–water partition coefficient (Wildman–Crippen LogP) is 2.86. The standard InChI is InChI=1S/C15H18N2O3/c1-19-15-8-11(2-3-12(15)9-16)10-20-14-6-4-13(17-18)5-7-14/h2-3,8,14,18H,4-7,10H2,1H3. The summed E-state index contributed by atoms with van der Waals surface area (Å²) in [5.41, 5.74) is 2.37. The molecule has 1 saturated carbocycles. The average Bonchev–Trinajstić information content (AvgIpc) is 2.53. The van der Waals surface area contributed by atoms with Crippen LogP contribution in [0.2, 0.25) is 0 Å². The molecular formula is C15H18N2O3. The lowest BCUT2D eigenvalue weighted by molar-refractivity contribution is 0.0276. The first-order valence-corrected chi connectivity index (χ1v) is 6.65. The Hall–Kier alpha value is -2.06. The molecule has 1 aromatic rings. The molecule has 20 heavy (non-hydrogen) atoms. The van der Waals surface area contributed by atoms with Crippen LogP contribution in [0.4, 0.5) is 0 Å². The van der Waals surface area contributed by atoms with Gasteiger partial charge in [-0.15, -0.1) is 0 Å². The highest BCUT2D eigenvalue weighted by molar-refractivity contribution is 5.84. The molecule has 0 aromatic heterocycles. The maximum atomic E-state index is 8.93. The van der Waals surface area contributed by atoms with Gasteiger partial charge in [-0.1, -0.05) is 11.2 Å². The first-order valence-electron chi connectivity index (χ1n) is 6.65. The molecule has 0 bridgehead atoms. The van der Waals surface area contributed by atoms with E-state index in [2.05, 4.69) is 11.2 Å². The molecule has 5 nitrogen and oxygen atoms in total. The minimum atomic E-state index is 0.196. The summed E-state index contributed by atoms with van der Waals surface area (Å²) in [6, 6.07) is 7.55. The van der Waals surface area contributed by atoms with E-state index >= 15 is 0 Å². The van der Waals surface area contributed by atoms with Crippen LogP contribution in [0.15, 0.2) is 23.4 Å². The van der Waals surface area contributed by atoms with E-state index in [1.165, 1.54) is 0 Å². The van der Waals surface area contributed by atoms with Crippen LogP contribution in [0.1, 0.15) is 36.8 Å². The second-order valence-corrected chi connectivity index (χ2v) is 4.82. The third-order valence-electron chi connectivity index (χ3n) is 3.52. The SMILES string of the molecule is COc1cc(COC2CCC(=NO)CC2)ccc1C#N. The number of hydrogen-bond acceptors (Lipinski definition) is 5. The van der Waals surface area contributed by atoms with Crippen LogP contribution in [0.3, 0.4) is 0 Å². The van der Waals surface area contributed by atoms with E-state index in [0.29, 0.717) is 17.9 Å². The number of hydrogen-bond donors (Lipinski definition) is 1. The molecule has 0 saturated heterocycles. The molecule has 1 aliphatic carbocycles. The fourth-order valence-electron chi connectivity index (χ4n) is 2.32. The van der Waals surface area contributed by atoms with Crippen molar-refractivity contribution < 1.29 is 14.7 Å². The number of nitrogens with zero attached hydrogens (tertiary/aromatic N) is 2. The fraction of sp³-hybridized carbons (Fsp3) is 0.467. The molecule has 0 amide bonds. The molecule has 1 aromatic carbocycles. The van der Waals surface area contributed by atoms with Crippen molar-refractivity contribution in [1.29, 1.82) is 5.26 Å². The smallest absolute Gasteiger partial charge is 0.136 e. The van der Waals surface area contributed by atoms with E-state index in [9.17, 15) is 0 Å². The van der Waals surface area contributed by atoms with Gasteiger partial charge < -0.3 is 14.7 Å². The third-order valence-corrected chi connectivity index (χ3v) is 3.52. The van der Waals surface area contributed by atoms with Crippen molar-refractivity contribution in [3.05, 3.63) is 29.3 Å². The predicted molar refractivity (Wildman–Crippen MR) is 74.0 cm³/mol. The second kappa shape index (κ2) is 6.92. The van der Waals surface area contributed by atoms with Gasteiger partial charge in [0.15, 0.2) is 0 Å². The molecule has 1 fully saturated rings. The van der Waals surface area contributed by atoms with E-state index in [1.807, 2.05) is 12.1 Å². The highest BCUT2D eigenvalue weighted by atomic mass is 16.5. The van der Waals surface area contributed by atoms with E-state index in [0.717, 1.165) is 37.0 Å². The minimum Gasteiger partial charge on any atom is -0.495 e. The topological polar surface area (TPSA) is 74.8 Å². The van der Waals surface area contributed by atoms with Gasteiger partial charge in [0, 0.05) is 0 Å². The lowest BCUT2D eigenvalue weighted by Gasteiger charge is -2.22. The summed E-state index contributed by atoms with van der Waals surface area (Å²) >= 11 is 0. The van der Waals surface area contributed by atoms with Gasteiger partial charge in [0.25, 0.3) is 0 Å². The Kier molecular flexibility index (Phi) is 4.97. The van der Waals surface area contributed by atoms with Gasteiger partial charge in [0.2, 0.25) is 0 Å². The largest absolute Gasteiger partial charge is 0.495 e. The molecule has 106 valence electrons. The summed E-state index contributed by atoms with van der Waals surface area (Å²) in [5.74, 6) is 0.576. The normalized spacial score (nSPS) is 18.4. The van der Waals surface area contributed by atoms with Gasteiger partial charge >= 0.3 is 0 Å². The zero-order valence-electron chi connectivity index (χ0n) is 11.5. The Bertz CT molecular complexity index is 524. The maximum absolute atomic E-state index is 8.93.